The number of carbonyl (C=O) groups excluding carboxylic acids is 2. The minimum Gasteiger partial charge on any atom is -0.347 e. The number of carbonyl (C=O) groups is 2. The molecule has 1 aromatic rings. The fourth-order valence-electron chi connectivity index (χ4n) is 3.04. The van der Waals surface area contributed by atoms with E-state index in [4.69, 9.17) is 0 Å². The lowest BCUT2D eigenvalue weighted by atomic mass is 10.0. The van der Waals surface area contributed by atoms with Crippen molar-refractivity contribution in [2.75, 3.05) is 27.2 Å². The quantitative estimate of drug-likeness (QED) is 0.884. The molecule has 2 heterocycles. The number of rotatable bonds is 5. The maximum Gasteiger partial charge on any atom is 0.254 e. The van der Waals surface area contributed by atoms with E-state index < -0.39 is 0 Å². The molecule has 1 saturated heterocycles. The summed E-state index contributed by atoms with van der Waals surface area (Å²) in [6.07, 6.45) is 2.62. The fourth-order valence-corrected chi connectivity index (χ4v) is 3.73. The van der Waals surface area contributed by atoms with E-state index in [0.29, 0.717) is 12.1 Å². The van der Waals surface area contributed by atoms with E-state index >= 15 is 0 Å². The second-order valence-corrected chi connectivity index (χ2v) is 6.93. The molecule has 0 radical (unpaired) electrons. The molecule has 1 aliphatic heterocycles. The Balaban J connectivity index is 1.97. The summed E-state index contributed by atoms with van der Waals surface area (Å²) in [4.78, 5) is 28.8. The van der Waals surface area contributed by atoms with Gasteiger partial charge < -0.3 is 10.2 Å². The van der Waals surface area contributed by atoms with E-state index in [-0.39, 0.29) is 23.9 Å². The molecule has 0 spiro atoms. The van der Waals surface area contributed by atoms with Crippen molar-refractivity contribution in [1.29, 1.82) is 0 Å². The highest BCUT2D eigenvalue weighted by atomic mass is 32.1. The van der Waals surface area contributed by atoms with Crippen molar-refractivity contribution in [1.82, 2.24) is 19.5 Å². The normalized spacial score (nSPS) is 19.7. The minimum absolute atomic E-state index is 0.0131. The lowest BCUT2D eigenvalue weighted by Gasteiger charge is -2.36. The van der Waals surface area contributed by atoms with Gasteiger partial charge in [-0.15, -0.1) is 0 Å². The number of nitrogens with zero attached hydrogens (tertiary/aromatic N) is 3. The second kappa shape index (κ2) is 7.88. The van der Waals surface area contributed by atoms with Gasteiger partial charge in [0.2, 0.25) is 5.91 Å². The number of nitrogens with one attached hydrogen (secondary N) is 1. The molecule has 0 bridgehead atoms. The smallest absolute Gasteiger partial charge is 0.254 e. The monoisotopic (exact) mass is 338 g/mol. The second-order valence-electron chi connectivity index (χ2n) is 6.30. The molecule has 2 amide bonds. The molecule has 2 rings (SSSR count). The highest BCUT2D eigenvalue weighted by Crippen LogP contribution is 2.15. The zero-order chi connectivity index (χ0) is 17.0. The predicted octanol–water partition coefficient (Wildman–Crippen LogP) is 1.51. The summed E-state index contributed by atoms with van der Waals surface area (Å²) in [5, 5.41) is 4.83. The molecule has 0 saturated carbocycles. The Morgan fingerprint density at radius 3 is 2.83 bits per heavy atom. The summed E-state index contributed by atoms with van der Waals surface area (Å²) in [6.45, 7) is 5.23. The molecule has 1 aliphatic rings. The van der Waals surface area contributed by atoms with Crippen LogP contribution in [0.5, 0.6) is 0 Å². The van der Waals surface area contributed by atoms with Crippen LogP contribution in [0.15, 0.2) is 5.38 Å². The fraction of sp³-hybridized carbons (Fsp3) is 0.688. The minimum atomic E-state index is -0.0900. The summed E-state index contributed by atoms with van der Waals surface area (Å²) in [6, 6.07) is -0.0769. The molecular formula is C16H26N4O2S. The summed E-state index contributed by atoms with van der Waals surface area (Å²) < 4.78 is 4.14. The average molecular weight is 338 g/mol. The number of hydrogen-bond donors (Lipinski definition) is 1. The zero-order valence-electron chi connectivity index (χ0n) is 14.3. The number of hydrogen-bond acceptors (Lipinski definition) is 5. The van der Waals surface area contributed by atoms with Gasteiger partial charge in [0, 0.05) is 24.5 Å². The topological polar surface area (TPSA) is 65.5 Å². The summed E-state index contributed by atoms with van der Waals surface area (Å²) in [5.41, 5.74) is 1.40. The SMILES string of the molecule is CC[C@@H](C(=O)N1CCC[C@@H](NC(=O)c2csnc2C)C1)N(C)C. The van der Waals surface area contributed by atoms with Crippen LogP contribution >= 0.6 is 11.5 Å². The van der Waals surface area contributed by atoms with Gasteiger partial charge in [0.1, 0.15) is 0 Å². The van der Waals surface area contributed by atoms with Gasteiger partial charge in [-0.3, -0.25) is 14.5 Å². The first kappa shape index (κ1) is 17.9. The third-order valence-corrected chi connectivity index (χ3v) is 5.08. The first-order valence-electron chi connectivity index (χ1n) is 8.11. The molecule has 128 valence electrons. The zero-order valence-corrected chi connectivity index (χ0v) is 15.2. The van der Waals surface area contributed by atoms with Crippen LogP contribution in [0.4, 0.5) is 0 Å². The molecular weight excluding hydrogens is 312 g/mol. The van der Waals surface area contributed by atoms with Crippen molar-refractivity contribution in [3.8, 4) is 0 Å². The third kappa shape index (κ3) is 4.29. The molecule has 0 unspecified atom stereocenters. The molecule has 1 aromatic heterocycles. The largest absolute Gasteiger partial charge is 0.347 e. The number of amides is 2. The van der Waals surface area contributed by atoms with Crippen LogP contribution < -0.4 is 5.32 Å². The third-order valence-electron chi connectivity index (χ3n) is 4.36. The highest BCUT2D eigenvalue weighted by Gasteiger charge is 2.30. The summed E-state index contributed by atoms with van der Waals surface area (Å²) >= 11 is 1.29. The Labute approximate surface area is 142 Å². The van der Waals surface area contributed by atoms with E-state index in [1.807, 2.05) is 37.7 Å². The number of aryl methyl sites for hydroxylation is 1. The maximum absolute atomic E-state index is 12.6. The van der Waals surface area contributed by atoms with Crippen molar-refractivity contribution in [2.24, 2.45) is 0 Å². The van der Waals surface area contributed by atoms with Crippen LogP contribution in [0, 0.1) is 6.92 Å². The van der Waals surface area contributed by atoms with E-state index in [2.05, 4.69) is 9.69 Å². The highest BCUT2D eigenvalue weighted by molar-refractivity contribution is 7.03. The van der Waals surface area contributed by atoms with Crippen molar-refractivity contribution >= 4 is 23.3 Å². The summed E-state index contributed by atoms with van der Waals surface area (Å²) in [5.74, 6) is 0.0695. The van der Waals surface area contributed by atoms with Gasteiger partial charge in [0.25, 0.3) is 5.91 Å². The maximum atomic E-state index is 12.6. The lowest BCUT2D eigenvalue weighted by molar-refractivity contribution is -0.137. The predicted molar refractivity (Wildman–Crippen MR) is 91.7 cm³/mol. The lowest BCUT2D eigenvalue weighted by Crippen LogP contribution is -2.54. The van der Waals surface area contributed by atoms with Gasteiger partial charge in [-0.25, -0.2) is 0 Å². The van der Waals surface area contributed by atoms with Crippen LogP contribution in [0.2, 0.25) is 0 Å². The Hall–Kier alpha value is -1.47. The van der Waals surface area contributed by atoms with E-state index in [1.54, 1.807) is 5.38 Å². The van der Waals surface area contributed by atoms with Crippen molar-refractivity contribution in [3.05, 3.63) is 16.6 Å². The average Bonchev–Trinajstić information content (AvgIpc) is 2.94. The van der Waals surface area contributed by atoms with Crippen LogP contribution in [-0.2, 0) is 4.79 Å². The number of likely N-dealkylation sites (tertiary alicyclic amines) is 1. The first-order valence-corrected chi connectivity index (χ1v) is 8.94. The van der Waals surface area contributed by atoms with Gasteiger partial charge in [0.05, 0.1) is 17.3 Å². The van der Waals surface area contributed by atoms with Crippen molar-refractivity contribution in [3.63, 3.8) is 0 Å². The first-order chi connectivity index (χ1) is 10.9. The molecule has 1 fully saturated rings. The molecule has 2 atom stereocenters. The van der Waals surface area contributed by atoms with Gasteiger partial charge in [-0.1, -0.05) is 6.92 Å². The van der Waals surface area contributed by atoms with Gasteiger partial charge in [0.15, 0.2) is 0 Å². The number of aromatic nitrogens is 1. The standard InChI is InChI=1S/C16H26N4O2S/c1-5-14(19(3)4)16(22)20-8-6-7-12(9-20)17-15(21)13-10-23-18-11(13)2/h10,12,14H,5-9H2,1-4H3,(H,17,21)/t12-,14+/m1/s1. The van der Waals surface area contributed by atoms with Crippen molar-refractivity contribution in [2.45, 2.75) is 45.2 Å². The Morgan fingerprint density at radius 1 is 1.52 bits per heavy atom. The number of piperidine rings is 1. The Kier molecular flexibility index (Phi) is 6.12. The van der Waals surface area contributed by atoms with E-state index in [1.165, 1.54) is 11.5 Å². The Morgan fingerprint density at radius 2 is 2.26 bits per heavy atom. The summed E-state index contributed by atoms with van der Waals surface area (Å²) in [7, 11) is 3.86. The van der Waals surface area contributed by atoms with Crippen LogP contribution in [-0.4, -0.2) is 65.3 Å². The molecule has 23 heavy (non-hydrogen) atoms. The van der Waals surface area contributed by atoms with Crippen LogP contribution in [0.1, 0.15) is 42.2 Å². The molecule has 0 aliphatic carbocycles. The molecule has 0 aromatic carbocycles. The molecule has 1 N–H and O–H groups in total. The van der Waals surface area contributed by atoms with Crippen LogP contribution in [0.3, 0.4) is 0 Å². The van der Waals surface area contributed by atoms with Gasteiger partial charge in [-0.05, 0) is 51.8 Å². The van der Waals surface area contributed by atoms with E-state index in [9.17, 15) is 9.59 Å². The van der Waals surface area contributed by atoms with E-state index in [0.717, 1.165) is 31.5 Å². The molecule has 7 heteroatoms. The van der Waals surface area contributed by atoms with Crippen LogP contribution in [0.25, 0.3) is 0 Å². The van der Waals surface area contributed by atoms with Gasteiger partial charge in [-0.2, -0.15) is 4.37 Å². The molecule has 6 nitrogen and oxygen atoms in total. The number of likely N-dealkylation sites (N-methyl/N-ethyl adjacent to an activating group) is 1. The van der Waals surface area contributed by atoms with Gasteiger partial charge >= 0.3 is 0 Å². The Bertz CT molecular complexity index is 558. The van der Waals surface area contributed by atoms with Crippen molar-refractivity contribution < 1.29 is 9.59 Å².